The summed E-state index contributed by atoms with van der Waals surface area (Å²) in [6, 6.07) is 22.1. The Bertz CT molecular complexity index is 1290. The number of ketones is 1. The van der Waals surface area contributed by atoms with Gasteiger partial charge in [0.15, 0.2) is 0 Å². The molecule has 1 heterocycles. The van der Waals surface area contributed by atoms with Crippen LogP contribution in [0.3, 0.4) is 0 Å². The number of aliphatic hydroxyl groups is 1. The smallest absolute Gasteiger partial charge is 0.295 e. The van der Waals surface area contributed by atoms with Crippen LogP contribution in [-0.4, -0.2) is 42.0 Å². The first-order chi connectivity index (χ1) is 17.8. The summed E-state index contributed by atoms with van der Waals surface area (Å²) in [5, 5.41) is 11.3. The molecule has 0 radical (unpaired) electrons. The summed E-state index contributed by atoms with van der Waals surface area (Å²) in [6.07, 6.45) is 0. The first kappa shape index (κ1) is 26.2. The summed E-state index contributed by atoms with van der Waals surface area (Å²) in [5.74, 6) is -0.567. The van der Waals surface area contributed by atoms with Crippen LogP contribution in [0.25, 0.3) is 5.76 Å². The van der Waals surface area contributed by atoms with Crippen molar-refractivity contribution in [3.63, 3.8) is 0 Å². The van der Waals surface area contributed by atoms with Crippen LogP contribution in [0.4, 0.5) is 0 Å². The highest BCUT2D eigenvalue weighted by Gasteiger charge is 2.45. The highest BCUT2D eigenvalue weighted by molar-refractivity contribution is 6.46. The minimum Gasteiger partial charge on any atom is -0.507 e. The van der Waals surface area contributed by atoms with Crippen molar-refractivity contribution >= 4 is 17.4 Å². The third-order valence-electron chi connectivity index (χ3n) is 6.61. The quantitative estimate of drug-likeness (QED) is 0.230. The molecule has 6 nitrogen and oxygen atoms in total. The van der Waals surface area contributed by atoms with Crippen LogP contribution < -0.4 is 4.74 Å². The van der Waals surface area contributed by atoms with Crippen molar-refractivity contribution in [1.82, 2.24) is 4.90 Å². The van der Waals surface area contributed by atoms with E-state index in [0.29, 0.717) is 23.8 Å². The van der Waals surface area contributed by atoms with Crippen LogP contribution >= 0.6 is 0 Å². The predicted molar refractivity (Wildman–Crippen MR) is 143 cm³/mol. The Kier molecular flexibility index (Phi) is 8.09. The molecule has 4 rings (SSSR count). The fraction of sp³-hybridized carbons (Fsp3) is 0.290. The fourth-order valence-corrected chi connectivity index (χ4v) is 4.54. The maximum atomic E-state index is 13.1. The maximum absolute atomic E-state index is 13.1. The van der Waals surface area contributed by atoms with Crippen molar-refractivity contribution in [2.75, 3.05) is 20.3 Å². The van der Waals surface area contributed by atoms with Crippen LogP contribution in [0.2, 0.25) is 0 Å². The number of carbonyl (C=O) groups excluding carboxylic acids is 2. The number of hydrogen-bond acceptors (Lipinski definition) is 5. The average Bonchev–Trinajstić information content (AvgIpc) is 3.15. The average molecular weight is 500 g/mol. The standard InChI is InChI=1S/C31H33NO5/c1-20(2)23-8-10-24(11-9-23)28-27(30(34)31(35)32(28)16-17-36-4)29(33)25-12-14-26(15-13-25)37-19-22-7-5-6-21(3)18-22/h5-15,18,20,28,33H,16-17,19H2,1-4H3/b29-27+. The maximum Gasteiger partial charge on any atom is 0.295 e. The molecule has 3 aromatic rings. The molecule has 0 saturated carbocycles. The van der Waals surface area contributed by atoms with Gasteiger partial charge in [-0.15, -0.1) is 0 Å². The van der Waals surface area contributed by atoms with Gasteiger partial charge in [-0.05, 0) is 53.8 Å². The molecule has 1 aliphatic rings. The van der Waals surface area contributed by atoms with Crippen LogP contribution in [0, 0.1) is 6.92 Å². The fourth-order valence-electron chi connectivity index (χ4n) is 4.54. The number of likely N-dealkylation sites (tertiary alicyclic amines) is 1. The Morgan fingerprint density at radius 2 is 1.70 bits per heavy atom. The van der Waals surface area contributed by atoms with Crippen LogP contribution in [-0.2, 0) is 20.9 Å². The van der Waals surface area contributed by atoms with E-state index < -0.39 is 17.7 Å². The number of hydrogen-bond donors (Lipinski definition) is 1. The Hall–Kier alpha value is -3.90. The van der Waals surface area contributed by atoms with Gasteiger partial charge in [0.25, 0.3) is 11.7 Å². The molecule has 1 amide bonds. The number of benzene rings is 3. The number of Topliss-reactive ketones (excluding diaryl/α,β-unsaturated/α-hetero) is 1. The van der Waals surface area contributed by atoms with E-state index in [1.165, 1.54) is 4.90 Å². The highest BCUT2D eigenvalue weighted by atomic mass is 16.5. The van der Waals surface area contributed by atoms with Crippen molar-refractivity contribution in [3.05, 3.63) is 106 Å². The van der Waals surface area contributed by atoms with Crippen molar-refractivity contribution in [2.45, 2.75) is 39.3 Å². The van der Waals surface area contributed by atoms with Gasteiger partial charge in [0.05, 0.1) is 18.2 Å². The predicted octanol–water partition coefficient (Wildman–Crippen LogP) is 5.77. The van der Waals surface area contributed by atoms with E-state index in [0.717, 1.165) is 22.3 Å². The molecule has 1 atom stereocenters. The molecule has 3 aromatic carbocycles. The van der Waals surface area contributed by atoms with E-state index in [1.807, 2.05) is 49.4 Å². The molecular weight excluding hydrogens is 466 g/mol. The van der Waals surface area contributed by atoms with E-state index in [1.54, 1.807) is 31.4 Å². The molecule has 0 aliphatic carbocycles. The summed E-state index contributed by atoms with van der Waals surface area (Å²) < 4.78 is 11.1. The third kappa shape index (κ3) is 5.75. The van der Waals surface area contributed by atoms with E-state index in [-0.39, 0.29) is 24.5 Å². The second-order valence-electron chi connectivity index (χ2n) is 9.61. The number of ether oxygens (including phenoxy) is 2. The lowest BCUT2D eigenvalue weighted by Crippen LogP contribution is -2.32. The van der Waals surface area contributed by atoms with E-state index >= 15 is 0 Å². The number of nitrogens with zero attached hydrogens (tertiary/aromatic N) is 1. The normalized spacial score (nSPS) is 17.0. The van der Waals surface area contributed by atoms with Gasteiger partial charge in [-0.1, -0.05) is 67.9 Å². The second-order valence-corrected chi connectivity index (χ2v) is 9.61. The van der Waals surface area contributed by atoms with Crippen molar-refractivity contribution in [1.29, 1.82) is 0 Å². The first-order valence-corrected chi connectivity index (χ1v) is 12.5. The number of carbonyl (C=O) groups is 2. The monoisotopic (exact) mass is 499 g/mol. The first-order valence-electron chi connectivity index (χ1n) is 12.5. The molecule has 37 heavy (non-hydrogen) atoms. The zero-order valence-electron chi connectivity index (χ0n) is 21.7. The number of aliphatic hydroxyl groups excluding tert-OH is 1. The van der Waals surface area contributed by atoms with E-state index in [9.17, 15) is 14.7 Å². The zero-order valence-corrected chi connectivity index (χ0v) is 21.7. The minimum atomic E-state index is -0.702. The summed E-state index contributed by atoms with van der Waals surface area (Å²) in [5.41, 5.74) is 4.66. The molecule has 1 unspecified atom stereocenters. The lowest BCUT2D eigenvalue weighted by molar-refractivity contribution is -0.140. The Balaban J connectivity index is 1.64. The molecule has 1 N–H and O–H groups in total. The molecule has 1 saturated heterocycles. The van der Waals surface area contributed by atoms with Gasteiger partial charge in [0.2, 0.25) is 0 Å². The van der Waals surface area contributed by atoms with E-state index in [4.69, 9.17) is 9.47 Å². The largest absolute Gasteiger partial charge is 0.507 e. The number of amides is 1. The van der Waals surface area contributed by atoms with Crippen LogP contribution in [0.5, 0.6) is 5.75 Å². The van der Waals surface area contributed by atoms with Gasteiger partial charge in [-0.2, -0.15) is 0 Å². The zero-order chi connectivity index (χ0) is 26.5. The van der Waals surface area contributed by atoms with E-state index in [2.05, 4.69) is 19.9 Å². The molecule has 0 spiro atoms. The molecule has 6 heteroatoms. The molecule has 0 bridgehead atoms. The van der Waals surface area contributed by atoms with Gasteiger partial charge in [-0.25, -0.2) is 0 Å². The van der Waals surface area contributed by atoms with Gasteiger partial charge in [0, 0.05) is 19.2 Å². The molecular formula is C31H33NO5. The van der Waals surface area contributed by atoms with Crippen LogP contribution in [0.1, 0.15) is 53.6 Å². The summed E-state index contributed by atoms with van der Waals surface area (Å²) in [6.45, 7) is 7.18. The number of methoxy groups -OCH3 is 1. The molecule has 1 aliphatic heterocycles. The second kappa shape index (κ2) is 11.4. The lowest BCUT2D eigenvalue weighted by atomic mass is 9.93. The summed E-state index contributed by atoms with van der Waals surface area (Å²) in [4.78, 5) is 27.6. The number of rotatable bonds is 9. The van der Waals surface area contributed by atoms with Gasteiger partial charge in [0.1, 0.15) is 18.1 Å². The molecule has 1 fully saturated rings. The molecule has 0 aromatic heterocycles. The third-order valence-corrected chi connectivity index (χ3v) is 6.61. The minimum absolute atomic E-state index is 0.0758. The van der Waals surface area contributed by atoms with Crippen molar-refractivity contribution < 1.29 is 24.2 Å². The number of aryl methyl sites for hydroxylation is 1. The van der Waals surface area contributed by atoms with Gasteiger partial charge in [-0.3, -0.25) is 9.59 Å². The van der Waals surface area contributed by atoms with Crippen molar-refractivity contribution in [3.8, 4) is 5.75 Å². The van der Waals surface area contributed by atoms with Crippen LogP contribution in [0.15, 0.2) is 78.4 Å². The summed E-state index contributed by atoms with van der Waals surface area (Å²) in [7, 11) is 1.55. The molecule has 192 valence electrons. The SMILES string of the molecule is COCCN1C(=O)C(=O)/C(=C(/O)c2ccc(OCc3cccc(C)c3)cc2)C1c1ccc(C(C)C)cc1. The Labute approximate surface area is 218 Å². The topological polar surface area (TPSA) is 76.1 Å². The van der Waals surface area contributed by atoms with Gasteiger partial charge < -0.3 is 19.5 Å². The Morgan fingerprint density at radius 3 is 2.32 bits per heavy atom. The van der Waals surface area contributed by atoms with Crippen molar-refractivity contribution in [2.24, 2.45) is 0 Å². The Morgan fingerprint density at radius 1 is 1.00 bits per heavy atom. The highest BCUT2D eigenvalue weighted by Crippen LogP contribution is 2.39. The lowest BCUT2D eigenvalue weighted by Gasteiger charge is -2.25. The van der Waals surface area contributed by atoms with Gasteiger partial charge >= 0.3 is 0 Å². The summed E-state index contributed by atoms with van der Waals surface area (Å²) >= 11 is 0.